The number of furan rings is 1. The molecule has 0 spiro atoms. The highest BCUT2D eigenvalue weighted by Crippen LogP contribution is 2.27. The molecule has 2 N–H and O–H groups in total. The zero-order chi connectivity index (χ0) is 17.9. The second-order valence-electron chi connectivity index (χ2n) is 6.64. The first-order valence-corrected chi connectivity index (χ1v) is 7.98. The maximum atomic E-state index is 12.6. The number of nitrogens with one attached hydrogen (secondary N) is 1. The fourth-order valence-corrected chi connectivity index (χ4v) is 2.67. The van der Waals surface area contributed by atoms with Crippen LogP contribution in [-0.4, -0.2) is 42.0 Å². The molecule has 1 aromatic heterocycles. The molecule has 1 atom stereocenters. The molecule has 0 aliphatic heterocycles. The quantitative estimate of drug-likeness (QED) is 0.814. The van der Waals surface area contributed by atoms with E-state index in [4.69, 9.17) is 4.42 Å². The van der Waals surface area contributed by atoms with E-state index in [1.54, 1.807) is 6.07 Å². The average molecular weight is 332 g/mol. The molecule has 0 bridgehead atoms. The van der Waals surface area contributed by atoms with Crippen LogP contribution in [0.4, 0.5) is 0 Å². The summed E-state index contributed by atoms with van der Waals surface area (Å²) in [4.78, 5) is 26.0. The van der Waals surface area contributed by atoms with Crippen LogP contribution in [0.1, 0.15) is 36.4 Å². The van der Waals surface area contributed by atoms with Gasteiger partial charge in [-0.3, -0.25) is 4.79 Å². The molecular weight excluding hydrogens is 308 g/mol. The molecule has 2 aromatic rings. The van der Waals surface area contributed by atoms with Gasteiger partial charge in [-0.25, -0.2) is 4.79 Å². The molecule has 24 heavy (non-hydrogen) atoms. The molecule has 130 valence electrons. The number of amides is 1. The number of para-hydroxylation sites is 1. The van der Waals surface area contributed by atoms with Gasteiger partial charge in [-0.15, -0.1) is 0 Å². The Kier molecular flexibility index (Phi) is 5.62. The van der Waals surface area contributed by atoms with Crippen molar-refractivity contribution in [3.05, 3.63) is 35.6 Å². The lowest BCUT2D eigenvalue weighted by Crippen LogP contribution is -2.41. The Bertz CT molecular complexity index is 734. The van der Waals surface area contributed by atoms with Crippen molar-refractivity contribution in [2.45, 2.75) is 32.9 Å². The zero-order valence-corrected chi connectivity index (χ0v) is 14.5. The third kappa shape index (κ3) is 4.14. The molecule has 1 amide bonds. The molecule has 0 aliphatic carbocycles. The fourth-order valence-electron chi connectivity index (χ4n) is 2.67. The predicted octanol–water partition coefficient (Wildman–Crippen LogP) is 2.72. The Morgan fingerprint density at radius 1 is 1.25 bits per heavy atom. The molecule has 6 nitrogen and oxygen atoms in total. The lowest BCUT2D eigenvalue weighted by Gasteiger charge is -2.16. The summed E-state index contributed by atoms with van der Waals surface area (Å²) >= 11 is 0. The molecular formula is C18H24N2O4. The largest absolute Gasteiger partial charge is 0.480 e. The van der Waals surface area contributed by atoms with Gasteiger partial charge in [0.1, 0.15) is 11.6 Å². The summed E-state index contributed by atoms with van der Waals surface area (Å²) in [6.07, 6.45) is 0.365. The number of aliphatic carboxylic acids is 1. The molecule has 1 aromatic carbocycles. The number of carboxylic acid groups (broad SMARTS) is 1. The van der Waals surface area contributed by atoms with E-state index in [1.807, 2.05) is 51.0 Å². The van der Waals surface area contributed by atoms with Crippen LogP contribution in [0.2, 0.25) is 0 Å². The van der Waals surface area contributed by atoms with E-state index in [2.05, 4.69) is 5.32 Å². The minimum atomic E-state index is -1.04. The van der Waals surface area contributed by atoms with Gasteiger partial charge in [-0.2, -0.15) is 0 Å². The molecule has 0 unspecified atom stereocenters. The van der Waals surface area contributed by atoms with Gasteiger partial charge in [0, 0.05) is 17.5 Å². The van der Waals surface area contributed by atoms with E-state index < -0.39 is 17.9 Å². The van der Waals surface area contributed by atoms with E-state index in [0.717, 1.165) is 10.9 Å². The van der Waals surface area contributed by atoms with Gasteiger partial charge in [-0.1, -0.05) is 32.0 Å². The van der Waals surface area contributed by atoms with Crippen LogP contribution in [-0.2, 0) is 11.3 Å². The Hall–Kier alpha value is -2.34. The molecule has 0 saturated carbocycles. The molecule has 0 aliphatic rings. The SMILES string of the molecule is CC(C)C[C@@H](NC(=O)c1oc2ccccc2c1CN(C)C)C(=O)O. The minimum Gasteiger partial charge on any atom is -0.480 e. The molecule has 0 fully saturated rings. The lowest BCUT2D eigenvalue weighted by molar-refractivity contribution is -0.139. The van der Waals surface area contributed by atoms with Crippen molar-refractivity contribution in [1.82, 2.24) is 10.2 Å². The number of hydrogen-bond acceptors (Lipinski definition) is 4. The van der Waals surface area contributed by atoms with Gasteiger partial charge < -0.3 is 19.7 Å². The summed E-state index contributed by atoms with van der Waals surface area (Å²) < 4.78 is 5.72. The van der Waals surface area contributed by atoms with E-state index >= 15 is 0 Å². The second-order valence-corrected chi connectivity index (χ2v) is 6.64. The standard InChI is InChI=1S/C18H24N2O4/c1-11(2)9-14(18(22)23)19-17(21)16-13(10-20(3)4)12-7-5-6-8-15(12)24-16/h5-8,11,14H,9-10H2,1-4H3,(H,19,21)(H,22,23)/t14-/m1/s1. The van der Waals surface area contributed by atoms with Crippen molar-refractivity contribution in [2.75, 3.05) is 14.1 Å². The predicted molar refractivity (Wildman–Crippen MR) is 92.0 cm³/mol. The van der Waals surface area contributed by atoms with Gasteiger partial charge >= 0.3 is 5.97 Å². The van der Waals surface area contributed by atoms with Crippen molar-refractivity contribution < 1.29 is 19.1 Å². The molecule has 0 radical (unpaired) electrons. The van der Waals surface area contributed by atoms with Crippen LogP contribution >= 0.6 is 0 Å². The van der Waals surface area contributed by atoms with Crippen LogP contribution in [0.15, 0.2) is 28.7 Å². The summed E-state index contributed by atoms with van der Waals surface area (Å²) in [6, 6.07) is 6.49. The summed E-state index contributed by atoms with van der Waals surface area (Å²) in [5, 5.41) is 12.8. The normalized spacial score (nSPS) is 12.8. The van der Waals surface area contributed by atoms with Gasteiger partial charge in [0.05, 0.1) is 0 Å². The number of carbonyl (C=O) groups excluding carboxylic acids is 1. The van der Waals surface area contributed by atoms with E-state index in [-0.39, 0.29) is 11.7 Å². The lowest BCUT2D eigenvalue weighted by atomic mass is 10.0. The Morgan fingerprint density at radius 2 is 1.92 bits per heavy atom. The molecule has 2 rings (SSSR count). The van der Waals surface area contributed by atoms with Gasteiger partial charge in [0.15, 0.2) is 5.76 Å². The Morgan fingerprint density at radius 3 is 2.50 bits per heavy atom. The monoisotopic (exact) mass is 332 g/mol. The smallest absolute Gasteiger partial charge is 0.326 e. The van der Waals surface area contributed by atoms with Crippen LogP contribution in [0.3, 0.4) is 0 Å². The minimum absolute atomic E-state index is 0.156. The van der Waals surface area contributed by atoms with Crippen LogP contribution in [0.25, 0.3) is 11.0 Å². The maximum Gasteiger partial charge on any atom is 0.326 e. The van der Waals surface area contributed by atoms with Crippen LogP contribution in [0, 0.1) is 5.92 Å². The third-order valence-corrected chi connectivity index (χ3v) is 3.69. The first-order chi connectivity index (χ1) is 11.3. The van der Waals surface area contributed by atoms with E-state index in [1.165, 1.54) is 0 Å². The van der Waals surface area contributed by atoms with Crippen molar-refractivity contribution >= 4 is 22.8 Å². The number of rotatable bonds is 7. The maximum absolute atomic E-state index is 12.6. The third-order valence-electron chi connectivity index (χ3n) is 3.69. The van der Waals surface area contributed by atoms with Gasteiger partial charge in [-0.05, 0) is 32.5 Å². The van der Waals surface area contributed by atoms with E-state index in [9.17, 15) is 14.7 Å². The molecule has 1 heterocycles. The Labute approximate surface area is 141 Å². The van der Waals surface area contributed by atoms with Crippen molar-refractivity contribution in [3.63, 3.8) is 0 Å². The zero-order valence-electron chi connectivity index (χ0n) is 14.5. The van der Waals surface area contributed by atoms with Crippen LogP contribution in [0.5, 0.6) is 0 Å². The molecule has 6 heteroatoms. The average Bonchev–Trinajstić information content (AvgIpc) is 2.84. The highest BCUT2D eigenvalue weighted by atomic mass is 16.4. The highest BCUT2D eigenvalue weighted by molar-refractivity contribution is 6.00. The van der Waals surface area contributed by atoms with Crippen molar-refractivity contribution in [1.29, 1.82) is 0 Å². The summed E-state index contributed by atoms with van der Waals surface area (Å²) in [7, 11) is 3.81. The van der Waals surface area contributed by atoms with Crippen LogP contribution < -0.4 is 5.32 Å². The topological polar surface area (TPSA) is 82.8 Å². The Balaban J connectivity index is 2.35. The number of carbonyl (C=O) groups is 2. The first kappa shape index (κ1) is 18.0. The number of carboxylic acids is 1. The summed E-state index contributed by atoms with van der Waals surface area (Å²) in [5.74, 6) is -1.19. The molecule has 0 saturated heterocycles. The number of benzene rings is 1. The van der Waals surface area contributed by atoms with Crippen molar-refractivity contribution in [3.8, 4) is 0 Å². The van der Waals surface area contributed by atoms with Gasteiger partial charge in [0.25, 0.3) is 5.91 Å². The highest BCUT2D eigenvalue weighted by Gasteiger charge is 2.26. The van der Waals surface area contributed by atoms with Crippen molar-refractivity contribution in [2.24, 2.45) is 5.92 Å². The van der Waals surface area contributed by atoms with E-state index in [0.29, 0.717) is 18.5 Å². The summed E-state index contributed by atoms with van der Waals surface area (Å²) in [5.41, 5.74) is 1.39. The van der Waals surface area contributed by atoms with Gasteiger partial charge in [0.2, 0.25) is 0 Å². The number of fused-ring (bicyclic) bond motifs is 1. The summed E-state index contributed by atoms with van der Waals surface area (Å²) in [6.45, 7) is 4.36. The number of nitrogens with zero attached hydrogens (tertiary/aromatic N) is 1. The number of hydrogen-bond donors (Lipinski definition) is 2. The first-order valence-electron chi connectivity index (χ1n) is 7.98. The fraction of sp³-hybridized carbons (Fsp3) is 0.444. The second kappa shape index (κ2) is 7.49.